The Balaban J connectivity index is 1.44. The van der Waals surface area contributed by atoms with E-state index in [1.165, 1.54) is 5.56 Å². The molecule has 150 valence electrons. The summed E-state index contributed by atoms with van der Waals surface area (Å²) in [5, 5.41) is 3.52. The molecule has 1 aliphatic heterocycles. The molecule has 28 heavy (non-hydrogen) atoms. The molecule has 2 aromatic rings. The summed E-state index contributed by atoms with van der Waals surface area (Å²) in [5.41, 5.74) is 0.846. The summed E-state index contributed by atoms with van der Waals surface area (Å²) in [6.45, 7) is 1.74. The van der Waals surface area contributed by atoms with Crippen molar-refractivity contribution >= 4 is 5.82 Å². The van der Waals surface area contributed by atoms with E-state index in [0.717, 1.165) is 79.9 Å². The zero-order valence-electron chi connectivity index (χ0n) is 15.5. The Hall–Kier alpha value is -2.45. The fourth-order valence-corrected chi connectivity index (χ4v) is 4.08. The Morgan fingerprint density at radius 3 is 2.57 bits per heavy atom. The highest BCUT2D eigenvalue weighted by Crippen LogP contribution is 2.30. The van der Waals surface area contributed by atoms with E-state index >= 15 is 0 Å². The highest BCUT2D eigenvalue weighted by Gasteiger charge is 2.33. The van der Waals surface area contributed by atoms with E-state index in [4.69, 9.17) is 0 Å². The molecule has 0 N–H and O–H groups in total. The third kappa shape index (κ3) is 3.88. The van der Waals surface area contributed by atoms with E-state index in [-0.39, 0.29) is 12.5 Å². The quantitative estimate of drug-likeness (QED) is 0.803. The van der Waals surface area contributed by atoms with Crippen molar-refractivity contribution < 1.29 is 13.2 Å². The number of alkyl halides is 3. The number of aryl methyl sites for hydroxylation is 1. The minimum atomic E-state index is -4.55. The standard InChI is InChI=1S/C19H22F3N5O/c20-19(21,22)16-5-6-17(28)27(25-16)11-13-7-9-26(10-8-13)18-14-3-1-2-4-15(14)23-12-24-18/h5-6,12-13H,1-4,7-11H2. The minimum Gasteiger partial charge on any atom is -0.356 e. The van der Waals surface area contributed by atoms with E-state index < -0.39 is 17.4 Å². The predicted octanol–water partition coefficient (Wildman–Crippen LogP) is 2.85. The maximum Gasteiger partial charge on any atom is 0.435 e. The molecular formula is C19H22F3N5O. The Morgan fingerprint density at radius 1 is 1.07 bits per heavy atom. The maximum absolute atomic E-state index is 12.9. The van der Waals surface area contributed by atoms with Gasteiger partial charge < -0.3 is 4.90 Å². The molecule has 0 saturated carbocycles. The van der Waals surface area contributed by atoms with Crippen LogP contribution in [0.2, 0.25) is 0 Å². The average Bonchev–Trinajstić information content (AvgIpc) is 2.69. The lowest BCUT2D eigenvalue weighted by Gasteiger charge is -2.34. The highest BCUT2D eigenvalue weighted by atomic mass is 19.4. The molecule has 1 saturated heterocycles. The first kappa shape index (κ1) is 18.9. The van der Waals surface area contributed by atoms with Crippen molar-refractivity contribution in [1.29, 1.82) is 0 Å². The van der Waals surface area contributed by atoms with Gasteiger partial charge in [0.15, 0.2) is 5.69 Å². The second-order valence-electron chi connectivity index (χ2n) is 7.50. The van der Waals surface area contributed by atoms with E-state index in [9.17, 15) is 18.0 Å². The van der Waals surface area contributed by atoms with E-state index in [0.29, 0.717) is 0 Å². The van der Waals surface area contributed by atoms with Crippen LogP contribution in [-0.2, 0) is 25.6 Å². The molecule has 0 radical (unpaired) electrons. The second kappa shape index (κ2) is 7.52. The number of piperidine rings is 1. The number of hydrogen-bond donors (Lipinski definition) is 0. The molecule has 1 aliphatic carbocycles. The molecule has 6 nitrogen and oxygen atoms in total. The number of hydrogen-bond acceptors (Lipinski definition) is 5. The maximum atomic E-state index is 12.9. The molecule has 0 spiro atoms. The van der Waals surface area contributed by atoms with Crippen LogP contribution in [0.5, 0.6) is 0 Å². The van der Waals surface area contributed by atoms with Gasteiger partial charge in [-0.2, -0.15) is 18.3 Å². The summed E-state index contributed by atoms with van der Waals surface area (Å²) in [6, 6.07) is 1.68. The van der Waals surface area contributed by atoms with Crippen LogP contribution >= 0.6 is 0 Å². The van der Waals surface area contributed by atoms with E-state index in [1.54, 1.807) is 6.33 Å². The van der Waals surface area contributed by atoms with Crippen LogP contribution in [0.15, 0.2) is 23.3 Å². The van der Waals surface area contributed by atoms with Crippen molar-refractivity contribution in [2.45, 2.75) is 51.2 Å². The van der Waals surface area contributed by atoms with Gasteiger partial charge in [-0.25, -0.2) is 14.6 Å². The molecule has 0 aromatic carbocycles. The lowest BCUT2D eigenvalue weighted by atomic mass is 9.93. The van der Waals surface area contributed by atoms with Crippen molar-refractivity contribution in [2.24, 2.45) is 5.92 Å². The van der Waals surface area contributed by atoms with Crippen LogP contribution in [-0.4, -0.2) is 32.8 Å². The van der Waals surface area contributed by atoms with Gasteiger partial charge in [-0.15, -0.1) is 0 Å². The zero-order chi connectivity index (χ0) is 19.7. The van der Waals surface area contributed by atoms with Crippen molar-refractivity contribution in [3.8, 4) is 0 Å². The Bertz CT molecular complexity index is 903. The molecule has 0 bridgehead atoms. The number of fused-ring (bicyclic) bond motifs is 1. The summed E-state index contributed by atoms with van der Waals surface area (Å²) in [5.74, 6) is 1.11. The van der Waals surface area contributed by atoms with Gasteiger partial charge in [0.2, 0.25) is 0 Å². The van der Waals surface area contributed by atoms with Crippen LogP contribution in [0.25, 0.3) is 0 Å². The number of halogens is 3. The first-order valence-corrected chi connectivity index (χ1v) is 9.65. The van der Waals surface area contributed by atoms with Crippen LogP contribution < -0.4 is 10.5 Å². The van der Waals surface area contributed by atoms with Gasteiger partial charge in [0.25, 0.3) is 5.56 Å². The largest absolute Gasteiger partial charge is 0.435 e. The Kier molecular flexibility index (Phi) is 5.07. The first-order chi connectivity index (χ1) is 13.4. The van der Waals surface area contributed by atoms with Gasteiger partial charge in [-0.05, 0) is 50.5 Å². The van der Waals surface area contributed by atoms with Gasteiger partial charge in [-0.3, -0.25) is 4.79 Å². The van der Waals surface area contributed by atoms with E-state index in [1.807, 2.05) is 0 Å². The summed E-state index contributed by atoms with van der Waals surface area (Å²) >= 11 is 0. The van der Waals surface area contributed by atoms with Crippen molar-refractivity contribution in [2.75, 3.05) is 18.0 Å². The van der Waals surface area contributed by atoms with Gasteiger partial charge in [0.05, 0.1) is 0 Å². The molecule has 0 unspecified atom stereocenters. The lowest BCUT2D eigenvalue weighted by Crippen LogP contribution is -2.38. The molecule has 2 aromatic heterocycles. The van der Waals surface area contributed by atoms with Gasteiger partial charge >= 0.3 is 6.18 Å². The summed E-state index contributed by atoms with van der Waals surface area (Å²) in [7, 11) is 0. The summed E-state index contributed by atoms with van der Waals surface area (Å²) < 4.78 is 39.5. The normalized spacial score (nSPS) is 18.2. The first-order valence-electron chi connectivity index (χ1n) is 9.65. The zero-order valence-corrected chi connectivity index (χ0v) is 15.5. The molecule has 2 aliphatic rings. The predicted molar refractivity (Wildman–Crippen MR) is 97.1 cm³/mol. The number of rotatable bonds is 3. The topological polar surface area (TPSA) is 63.9 Å². The second-order valence-corrected chi connectivity index (χ2v) is 7.50. The molecule has 0 atom stereocenters. The Morgan fingerprint density at radius 2 is 1.82 bits per heavy atom. The summed E-state index contributed by atoms with van der Waals surface area (Å²) in [4.78, 5) is 23.1. The Labute approximate surface area is 160 Å². The molecule has 3 heterocycles. The van der Waals surface area contributed by atoms with Gasteiger partial charge in [-0.1, -0.05) is 0 Å². The van der Waals surface area contributed by atoms with Gasteiger partial charge in [0, 0.05) is 37.0 Å². The fraction of sp³-hybridized carbons (Fsp3) is 0.579. The molecular weight excluding hydrogens is 371 g/mol. The summed E-state index contributed by atoms with van der Waals surface area (Å²) in [6.07, 6.45) is 2.92. The third-order valence-electron chi connectivity index (χ3n) is 5.60. The number of aromatic nitrogens is 4. The van der Waals surface area contributed by atoms with Crippen molar-refractivity contribution in [3.63, 3.8) is 0 Å². The van der Waals surface area contributed by atoms with Gasteiger partial charge in [0.1, 0.15) is 12.1 Å². The molecule has 0 amide bonds. The van der Waals surface area contributed by atoms with Crippen LogP contribution in [0.3, 0.4) is 0 Å². The van der Waals surface area contributed by atoms with E-state index in [2.05, 4.69) is 20.0 Å². The average molecular weight is 393 g/mol. The molecule has 1 fully saturated rings. The molecule has 4 rings (SSSR count). The molecule has 9 heteroatoms. The number of anilines is 1. The van der Waals surface area contributed by atoms with Crippen LogP contribution in [0.4, 0.5) is 19.0 Å². The SMILES string of the molecule is O=c1ccc(C(F)(F)F)nn1CC1CCN(c2ncnc3c2CCCC3)CC1. The third-order valence-corrected chi connectivity index (χ3v) is 5.60. The lowest BCUT2D eigenvalue weighted by molar-refractivity contribution is -0.142. The van der Waals surface area contributed by atoms with Crippen LogP contribution in [0, 0.1) is 5.92 Å². The van der Waals surface area contributed by atoms with Crippen molar-refractivity contribution in [3.05, 3.63) is 45.8 Å². The highest BCUT2D eigenvalue weighted by molar-refractivity contribution is 5.49. The van der Waals surface area contributed by atoms with Crippen LogP contribution in [0.1, 0.15) is 42.6 Å². The smallest absolute Gasteiger partial charge is 0.356 e. The van der Waals surface area contributed by atoms with Crippen molar-refractivity contribution in [1.82, 2.24) is 19.7 Å². The minimum absolute atomic E-state index is 0.114. The fourth-order valence-electron chi connectivity index (χ4n) is 4.08. The monoisotopic (exact) mass is 393 g/mol. The number of nitrogens with zero attached hydrogens (tertiary/aromatic N) is 5.